The summed E-state index contributed by atoms with van der Waals surface area (Å²) in [6, 6.07) is 18.7. The second kappa shape index (κ2) is 8.32. The molecule has 0 radical (unpaired) electrons. The Bertz CT molecular complexity index is 669. The minimum atomic E-state index is -0.129. The van der Waals surface area contributed by atoms with Crippen LogP contribution in [0.25, 0.3) is 0 Å². The fourth-order valence-corrected chi connectivity index (χ4v) is 4.64. The minimum absolute atomic E-state index is 0.129. The number of hydrogen-bond acceptors (Lipinski definition) is 2. The molecule has 2 fully saturated rings. The number of halogens is 1. The van der Waals surface area contributed by atoms with Crippen LogP contribution in [0, 0.1) is 5.82 Å². The van der Waals surface area contributed by atoms with Gasteiger partial charge in [0.25, 0.3) is 0 Å². The molecule has 4 rings (SSSR count). The van der Waals surface area contributed by atoms with E-state index in [1.165, 1.54) is 63.0 Å². The van der Waals surface area contributed by atoms with Crippen LogP contribution in [0.15, 0.2) is 54.6 Å². The van der Waals surface area contributed by atoms with Gasteiger partial charge in [-0.1, -0.05) is 42.5 Å². The molecule has 3 heteroatoms. The third-order valence-corrected chi connectivity index (χ3v) is 6.21. The molecule has 1 heterocycles. The summed E-state index contributed by atoms with van der Waals surface area (Å²) >= 11 is 0. The van der Waals surface area contributed by atoms with E-state index in [9.17, 15) is 4.39 Å². The van der Waals surface area contributed by atoms with Crippen LogP contribution in [-0.4, -0.2) is 42.0 Å². The smallest absolute Gasteiger partial charge is 0.123 e. The van der Waals surface area contributed by atoms with E-state index in [4.69, 9.17) is 0 Å². The van der Waals surface area contributed by atoms with Crippen molar-refractivity contribution >= 4 is 0 Å². The molecule has 0 N–H and O–H groups in total. The van der Waals surface area contributed by atoms with Crippen molar-refractivity contribution in [2.75, 3.05) is 26.2 Å². The third-order valence-electron chi connectivity index (χ3n) is 6.21. The molecule has 1 saturated heterocycles. The van der Waals surface area contributed by atoms with Gasteiger partial charge in [-0.3, -0.25) is 9.80 Å². The molecule has 1 aliphatic heterocycles. The molecule has 0 bridgehead atoms. The molecule has 0 spiro atoms. The van der Waals surface area contributed by atoms with E-state index in [2.05, 4.69) is 40.1 Å². The van der Waals surface area contributed by atoms with Gasteiger partial charge in [0.1, 0.15) is 5.82 Å². The summed E-state index contributed by atoms with van der Waals surface area (Å²) in [6.45, 7) is 5.81. The maximum absolute atomic E-state index is 13.1. The fourth-order valence-electron chi connectivity index (χ4n) is 4.64. The predicted octanol–water partition coefficient (Wildman–Crippen LogP) is 4.67. The Kier molecular flexibility index (Phi) is 5.66. The number of hydrogen-bond donors (Lipinski definition) is 0. The number of rotatable bonds is 4. The number of nitrogens with zero attached hydrogens (tertiary/aromatic N) is 2. The van der Waals surface area contributed by atoms with Gasteiger partial charge in [0.2, 0.25) is 0 Å². The van der Waals surface area contributed by atoms with Gasteiger partial charge in [-0.15, -0.1) is 0 Å². The molecule has 138 valence electrons. The normalized spacial score (nSPS) is 25.3. The Morgan fingerprint density at radius 3 is 2.08 bits per heavy atom. The van der Waals surface area contributed by atoms with Crippen molar-refractivity contribution in [3.63, 3.8) is 0 Å². The molecule has 2 aliphatic rings. The lowest BCUT2D eigenvalue weighted by atomic mass is 9.81. The minimum Gasteiger partial charge on any atom is -0.298 e. The molecule has 2 nitrogen and oxygen atoms in total. The molecule has 26 heavy (non-hydrogen) atoms. The van der Waals surface area contributed by atoms with E-state index >= 15 is 0 Å². The van der Waals surface area contributed by atoms with Gasteiger partial charge in [-0.2, -0.15) is 0 Å². The molecule has 1 saturated carbocycles. The Balaban J connectivity index is 1.24. The highest BCUT2D eigenvalue weighted by molar-refractivity contribution is 5.21. The van der Waals surface area contributed by atoms with E-state index < -0.39 is 0 Å². The van der Waals surface area contributed by atoms with Gasteiger partial charge < -0.3 is 0 Å². The molecule has 0 aromatic heterocycles. The van der Waals surface area contributed by atoms with Crippen LogP contribution < -0.4 is 0 Å². The van der Waals surface area contributed by atoms with Crippen molar-refractivity contribution in [3.8, 4) is 0 Å². The van der Waals surface area contributed by atoms with Gasteiger partial charge in [0, 0.05) is 38.8 Å². The molecule has 1 aliphatic carbocycles. The van der Waals surface area contributed by atoms with Gasteiger partial charge in [-0.25, -0.2) is 4.39 Å². The highest BCUT2D eigenvalue weighted by atomic mass is 19.1. The monoisotopic (exact) mass is 352 g/mol. The van der Waals surface area contributed by atoms with Crippen LogP contribution in [0.2, 0.25) is 0 Å². The summed E-state index contributed by atoms with van der Waals surface area (Å²) < 4.78 is 13.1. The largest absolute Gasteiger partial charge is 0.298 e. The summed E-state index contributed by atoms with van der Waals surface area (Å²) in [4.78, 5) is 5.29. The zero-order valence-electron chi connectivity index (χ0n) is 15.5. The molecule has 0 atom stereocenters. The maximum Gasteiger partial charge on any atom is 0.123 e. The first-order valence-electron chi connectivity index (χ1n) is 10.0. The lowest BCUT2D eigenvalue weighted by molar-refractivity contribution is 0.0727. The summed E-state index contributed by atoms with van der Waals surface area (Å²) in [5.41, 5.74) is 2.73. The van der Waals surface area contributed by atoms with E-state index in [1.807, 2.05) is 12.1 Å². The highest BCUT2D eigenvalue weighted by Gasteiger charge is 2.28. The van der Waals surface area contributed by atoms with E-state index in [0.29, 0.717) is 5.92 Å². The van der Waals surface area contributed by atoms with E-state index in [-0.39, 0.29) is 5.82 Å². The molecular formula is C23H29FN2. The predicted molar refractivity (Wildman–Crippen MR) is 105 cm³/mol. The van der Waals surface area contributed by atoms with Crippen LogP contribution in [0.3, 0.4) is 0 Å². The molecule has 2 aromatic carbocycles. The van der Waals surface area contributed by atoms with Crippen LogP contribution in [0.5, 0.6) is 0 Å². The third kappa shape index (κ3) is 4.33. The summed E-state index contributed by atoms with van der Waals surface area (Å²) in [5, 5.41) is 0. The topological polar surface area (TPSA) is 6.48 Å². The first-order chi connectivity index (χ1) is 12.8. The second-order valence-electron chi connectivity index (χ2n) is 7.85. The van der Waals surface area contributed by atoms with Crippen molar-refractivity contribution in [3.05, 3.63) is 71.5 Å². The van der Waals surface area contributed by atoms with Gasteiger partial charge in [0.15, 0.2) is 0 Å². The van der Waals surface area contributed by atoms with Crippen LogP contribution >= 0.6 is 0 Å². The Morgan fingerprint density at radius 2 is 1.42 bits per heavy atom. The van der Waals surface area contributed by atoms with Crippen LogP contribution in [-0.2, 0) is 6.54 Å². The maximum atomic E-state index is 13.1. The Morgan fingerprint density at radius 1 is 0.769 bits per heavy atom. The Hall–Kier alpha value is -1.71. The van der Waals surface area contributed by atoms with Crippen molar-refractivity contribution in [2.24, 2.45) is 0 Å². The SMILES string of the molecule is Fc1ccc(C2CCC(N3CCN(Cc4ccccc4)CC3)CC2)cc1. The first kappa shape index (κ1) is 17.7. The van der Waals surface area contributed by atoms with E-state index in [0.717, 1.165) is 12.6 Å². The average molecular weight is 352 g/mol. The van der Waals surface area contributed by atoms with E-state index in [1.54, 1.807) is 12.1 Å². The van der Waals surface area contributed by atoms with Crippen LogP contribution in [0.4, 0.5) is 4.39 Å². The number of piperazine rings is 1. The van der Waals surface area contributed by atoms with Gasteiger partial charge in [0.05, 0.1) is 0 Å². The van der Waals surface area contributed by atoms with Gasteiger partial charge >= 0.3 is 0 Å². The summed E-state index contributed by atoms with van der Waals surface area (Å²) in [5.74, 6) is 0.488. The second-order valence-corrected chi connectivity index (χ2v) is 7.85. The van der Waals surface area contributed by atoms with Crippen molar-refractivity contribution in [1.29, 1.82) is 0 Å². The van der Waals surface area contributed by atoms with Crippen molar-refractivity contribution in [1.82, 2.24) is 9.80 Å². The molecule has 2 aromatic rings. The molecule has 0 amide bonds. The number of benzene rings is 2. The first-order valence-corrected chi connectivity index (χ1v) is 10.0. The molecule has 0 unspecified atom stereocenters. The zero-order valence-corrected chi connectivity index (χ0v) is 15.5. The highest BCUT2D eigenvalue weighted by Crippen LogP contribution is 2.35. The van der Waals surface area contributed by atoms with Crippen molar-refractivity contribution in [2.45, 2.75) is 44.2 Å². The van der Waals surface area contributed by atoms with Gasteiger partial charge in [-0.05, 0) is 54.9 Å². The standard InChI is InChI=1S/C23H29FN2/c24-22-10-6-20(7-11-22)21-8-12-23(13-9-21)26-16-14-25(15-17-26)18-19-4-2-1-3-5-19/h1-7,10-11,21,23H,8-9,12-18H2. The lowest BCUT2D eigenvalue weighted by Crippen LogP contribution is -2.50. The lowest BCUT2D eigenvalue weighted by Gasteiger charge is -2.42. The quantitative estimate of drug-likeness (QED) is 0.789. The summed E-state index contributed by atoms with van der Waals surface area (Å²) in [6.07, 6.45) is 5.03. The molecular weight excluding hydrogens is 323 g/mol. The van der Waals surface area contributed by atoms with Crippen molar-refractivity contribution < 1.29 is 4.39 Å². The average Bonchev–Trinajstić information content (AvgIpc) is 2.70. The fraction of sp³-hybridized carbons (Fsp3) is 0.478. The zero-order chi connectivity index (χ0) is 17.8. The summed E-state index contributed by atoms with van der Waals surface area (Å²) in [7, 11) is 0. The Labute approximate surface area is 156 Å². The van der Waals surface area contributed by atoms with Crippen LogP contribution in [0.1, 0.15) is 42.7 Å².